The van der Waals surface area contributed by atoms with E-state index in [0.29, 0.717) is 10.1 Å². The third-order valence-electron chi connectivity index (χ3n) is 3.69. The van der Waals surface area contributed by atoms with E-state index in [1.54, 1.807) is 6.92 Å². The van der Waals surface area contributed by atoms with E-state index in [1.807, 2.05) is 0 Å². The molecule has 2 amide bonds. The van der Waals surface area contributed by atoms with Gasteiger partial charge in [0.1, 0.15) is 21.4 Å². The number of carboxylic acids is 2. The number of rotatable bonds is 9. The summed E-state index contributed by atoms with van der Waals surface area (Å²) in [5.41, 5.74) is -2.35. The molecule has 1 aromatic heterocycles. The molecule has 0 radical (unpaired) electrons. The first-order chi connectivity index (χ1) is 13.8. The van der Waals surface area contributed by atoms with Crippen LogP contribution in [0.2, 0.25) is 4.34 Å². The van der Waals surface area contributed by atoms with Crippen LogP contribution in [0.25, 0.3) is 0 Å². The van der Waals surface area contributed by atoms with Crippen molar-refractivity contribution in [2.24, 2.45) is 5.16 Å². The Hall–Kier alpha value is -2.42. The normalized spacial score (nSPS) is 19.3. The average molecular weight is 481 g/mol. The van der Waals surface area contributed by atoms with Crippen LogP contribution in [-0.4, -0.2) is 77.7 Å². The first-order valence-corrected chi connectivity index (χ1v) is 10.4. The van der Waals surface area contributed by atoms with Crippen molar-refractivity contribution in [2.45, 2.75) is 37.8 Å². The van der Waals surface area contributed by atoms with Gasteiger partial charge in [-0.2, -0.15) is 0 Å². The van der Waals surface area contributed by atoms with E-state index in [1.165, 1.54) is 13.8 Å². The summed E-state index contributed by atoms with van der Waals surface area (Å²) >= 11 is 7.85. The topological polar surface area (TPSA) is 179 Å². The van der Waals surface area contributed by atoms with E-state index in [9.17, 15) is 24.4 Å². The maximum absolute atomic E-state index is 12.8. The van der Waals surface area contributed by atoms with E-state index in [2.05, 4.69) is 15.5 Å². The molecule has 0 aliphatic carbocycles. The van der Waals surface area contributed by atoms with Crippen molar-refractivity contribution in [3.8, 4) is 0 Å². The Morgan fingerprint density at radius 1 is 1.40 bits per heavy atom. The summed E-state index contributed by atoms with van der Waals surface area (Å²) in [4.78, 5) is 55.7. The largest absolute Gasteiger partial charge is 0.481 e. The van der Waals surface area contributed by atoms with E-state index >= 15 is 0 Å². The zero-order valence-electron chi connectivity index (χ0n) is 15.8. The van der Waals surface area contributed by atoms with E-state index in [0.717, 1.165) is 23.1 Å². The smallest absolute Gasteiger partial charge is 0.350 e. The molecule has 1 aliphatic heterocycles. The number of hydroxylamine groups is 2. The monoisotopic (exact) mass is 480 g/mol. The van der Waals surface area contributed by atoms with Crippen LogP contribution in [0, 0.1) is 6.92 Å². The fourth-order valence-corrected chi connectivity index (χ4v) is 4.09. The number of nitrogens with zero attached hydrogens (tertiary/aromatic N) is 3. The van der Waals surface area contributed by atoms with Crippen LogP contribution < -0.4 is 5.32 Å². The van der Waals surface area contributed by atoms with Gasteiger partial charge in [-0.1, -0.05) is 16.8 Å². The number of nitrogens with one attached hydrogen (secondary N) is 1. The van der Waals surface area contributed by atoms with Gasteiger partial charge >= 0.3 is 11.9 Å². The van der Waals surface area contributed by atoms with Crippen LogP contribution in [-0.2, 0) is 24.0 Å². The molecule has 2 atom stereocenters. The van der Waals surface area contributed by atoms with Crippen molar-refractivity contribution < 1.29 is 39.4 Å². The number of hydrogen-bond acceptors (Lipinski definition) is 10. The molecule has 2 rings (SSSR count). The maximum atomic E-state index is 12.8. The molecule has 4 N–H and O–H groups in total. The number of aromatic nitrogens is 1. The molecular formula is C15H17ClN4O8S2. The Labute approximate surface area is 182 Å². The molecule has 0 unspecified atom stereocenters. The standard InChI is InChI=1S/C15H17ClN4O8S2/c1-5-17-7(10(16)30-5)8(19-28-15(2,3)14(25)26)11(23)18-9-12(24)20(27)13(9)29-4-6(21)22/h9,13,27H,4H2,1-3H3,(H,18,23)(H,21,22)(H,25,26)/b19-8-/t9-,13-/m1/s1. The van der Waals surface area contributed by atoms with Crippen molar-refractivity contribution in [1.82, 2.24) is 15.4 Å². The number of carboxylic acid groups (broad SMARTS) is 2. The first kappa shape index (κ1) is 23.9. The Bertz CT molecular complexity index is 918. The average Bonchev–Trinajstić information content (AvgIpc) is 2.98. The van der Waals surface area contributed by atoms with Crippen molar-refractivity contribution >= 4 is 64.2 Å². The lowest BCUT2D eigenvalue weighted by Gasteiger charge is -2.41. The molecule has 1 aliphatic rings. The van der Waals surface area contributed by atoms with Gasteiger partial charge in [-0.05, 0) is 20.8 Å². The molecule has 0 bridgehead atoms. The highest BCUT2D eigenvalue weighted by molar-refractivity contribution is 8.00. The van der Waals surface area contributed by atoms with Gasteiger partial charge in [0.25, 0.3) is 11.8 Å². The molecule has 15 heteroatoms. The lowest BCUT2D eigenvalue weighted by atomic mass is 10.1. The summed E-state index contributed by atoms with van der Waals surface area (Å²) in [6.45, 7) is 4.04. The van der Waals surface area contributed by atoms with Gasteiger partial charge < -0.3 is 20.4 Å². The van der Waals surface area contributed by atoms with E-state index in [4.69, 9.17) is 26.7 Å². The Balaban J connectivity index is 2.28. The molecule has 0 spiro atoms. The molecule has 12 nitrogen and oxygen atoms in total. The lowest BCUT2D eigenvalue weighted by Crippen LogP contribution is -2.69. The molecular weight excluding hydrogens is 464 g/mol. The molecule has 0 saturated carbocycles. The predicted octanol–water partition coefficient (Wildman–Crippen LogP) is 0.549. The Morgan fingerprint density at radius 2 is 2.03 bits per heavy atom. The van der Waals surface area contributed by atoms with Gasteiger partial charge in [0.2, 0.25) is 5.60 Å². The van der Waals surface area contributed by atoms with Gasteiger partial charge in [0, 0.05) is 0 Å². The highest BCUT2D eigenvalue weighted by Crippen LogP contribution is 2.29. The fourth-order valence-electron chi connectivity index (χ4n) is 2.05. The molecule has 30 heavy (non-hydrogen) atoms. The zero-order chi connectivity index (χ0) is 22.8. The van der Waals surface area contributed by atoms with Crippen molar-refractivity contribution in [3.63, 3.8) is 0 Å². The number of carbonyl (C=O) groups is 4. The minimum Gasteiger partial charge on any atom is -0.481 e. The lowest BCUT2D eigenvalue weighted by molar-refractivity contribution is -0.196. The van der Waals surface area contributed by atoms with Gasteiger partial charge in [-0.25, -0.2) is 14.8 Å². The van der Waals surface area contributed by atoms with Crippen LogP contribution in [0.4, 0.5) is 0 Å². The zero-order valence-corrected chi connectivity index (χ0v) is 18.2. The van der Waals surface area contributed by atoms with Crippen LogP contribution >= 0.6 is 34.7 Å². The summed E-state index contributed by atoms with van der Waals surface area (Å²) in [5, 5.41) is 33.2. The number of aliphatic carboxylic acids is 2. The first-order valence-electron chi connectivity index (χ1n) is 8.14. The van der Waals surface area contributed by atoms with E-state index in [-0.39, 0.29) is 10.0 Å². The predicted molar refractivity (Wildman–Crippen MR) is 106 cm³/mol. The van der Waals surface area contributed by atoms with Crippen molar-refractivity contribution in [1.29, 1.82) is 0 Å². The number of thioether (sulfide) groups is 1. The Morgan fingerprint density at radius 3 is 2.53 bits per heavy atom. The number of hydrogen-bond donors (Lipinski definition) is 4. The summed E-state index contributed by atoms with van der Waals surface area (Å²) < 4.78 is 0.0821. The summed E-state index contributed by atoms with van der Waals surface area (Å²) in [6, 6.07) is -1.25. The molecule has 1 fully saturated rings. The number of β-lactam (4-membered cyclic amide) rings is 1. The van der Waals surface area contributed by atoms with Gasteiger partial charge in [0.05, 0.1) is 10.8 Å². The maximum Gasteiger partial charge on any atom is 0.350 e. The number of amides is 2. The quantitative estimate of drug-likeness (QED) is 0.169. The molecule has 2 heterocycles. The second-order valence-electron chi connectivity index (χ2n) is 6.43. The van der Waals surface area contributed by atoms with Crippen LogP contribution in [0.3, 0.4) is 0 Å². The minimum atomic E-state index is -1.78. The minimum absolute atomic E-state index is 0.0821. The van der Waals surface area contributed by atoms with Crippen LogP contribution in [0.1, 0.15) is 24.5 Å². The third kappa shape index (κ3) is 5.19. The second-order valence-corrected chi connectivity index (χ2v) is 9.34. The number of carbonyl (C=O) groups excluding carboxylic acids is 2. The third-order valence-corrected chi connectivity index (χ3v) is 6.09. The van der Waals surface area contributed by atoms with Crippen LogP contribution in [0.15, 0.2) is 5.16 Å². The number of aryl methyl sites for hydroxylation is 1. The molecule has 0 aromatic carbocycles. The highest BCUT2D eigenvalue weighted by atomic mass is 35.5. The molecule has 1 saturated heterocycles. The summed E-state index contributed by atoms with van der Waals surface area (Å²) in [6.07, 6.45) is 0. The second kappa shape index (κ2) is 9.16. The number of thiazole rings is 1. The van der Waals surface area contributed by atoms with Gasteiger partial charge in [-0.3, -0.25) is 19.6 Å². The number of oxime groups is 1. The van der Waals surface area contributed by atoms with Crippen molar-refractivity contribution in [3.05, 3.63) is 15.0 Å². The van der Waals surface area contributed by atoms with E-state index < -0.39 is 52.2 Å². The van der Waals surface area contributed by atoms with Crippen LogP contribution in [0.5, 0.6) is 0 Å². The highest BCUT2D eigenvalue weighted by Gasteiger charge is 2.49. The molecule has 1 aromatic rings. The fraction of sp³-hybridized carbons (Fsp3) is 0.467. The number of halogens is 1. The van der Waals surface area contributed by atoms with Gasteiger partial charge in [0.15, 0.2) is 5.71 Å². The summed E-state index contributed by atoms with van der Waals surface area (Å²) in [5.74, 6) is -4.78. The Kier molecular flexibility index (Phi) is 7.28. The summed E-state index contributed by atoms with van der Waals surface area (Å²) in [7, 11) is 0. The SMILES string of the molecule is Cc1nc(/C(=N/OC(C)(C)C(=O)O)C(=O)N[C@@H]2C(=O)N(O)[C@@H]2SCC(=O)O)c(Cl)s1. The van der Waals surface area contributed by atoms with Gasteiger partial charge in [-0.15, -0.1) is 23.1 Å². The molecule has 164 valence electrons. The van der Waals surface area contributed by atoms with Crippen molar-refractivity contribution in [2.75, 3.05) is 5.75 Å².